The van der Waals surface area contributed by atoms with Crippen LogP contribution in [0.1, 0.15) is 29.8 Å². The van der Waals surface area contributed by atoms with E-state index in [-0.39, 0.29) is 5.91 Å². The molecule has 0 aromatic carbocycles. The van der Waals surface area contributed by atoms with E-state index in [9.17, 15) is 4.79 Å². The summed E-state index contributed by atoms with van der Waals surface area (Å²) in [4.78, 5) is 23.2. The third kappa shape index (κ3) is 4.38. The van der Waals surface area contributed by atoms with E-state index < -0.39 is 0 Å². The molecule has 1 amide bonds. The van der Waals surface area contributed by atoms with Gasteiger partial charge >= 0.3 is 0 Å². The highest BCUT2D eigenvalue weighted by Gasteiger charge is 2.24. The Morgan fingerprint density at radius 3 is 3.00 bits per heavy atom. The second kappa shape index (κ2) is 7.36. The van der Waals surface area contributed by atoms with Crippen LogP contribution < -0.4 is 0 Å². The zero-order valence-corrected chi connectivity index (χ0v) is 13.6. The molecule has 23 heavy (non-hydrogen) atoms. The van der Waals surface area contributed by atoms with E-state index in [0.29, 0.717) is 12.3 Å². The highest BCUT2D eigenvalue weighted by atomic mass is 16.2. The van der Waals surface area contributed by atoms with Crippen molar-refractivity contribution in [3.05, 3.63) is 59.7 Å². The van der Waals surface area contributed by atoms with Gasteiger partial charge in [0.2, 0.25) is 5.91 Å². The van der Waals surface area contributed by atoms with Gasteiger partial charge in [0.15, 0.2) is 0 Å². The van der Waals surface area contributed by atoms with Crippen molar-refractivity contribution in [2.24, 2.45) is 5.92 Å². The molecule has 1 aliphatic rings. The molecule has 3 heterocycles. The molecule has 3 rings (SSSR count). The van der Waals surface area contributed by atoms with Crippen molar-refractivity contribution in [3.63, 3.8) is 0 Å². The number of aromatic nitrogens is 2. The number of pyridine rings is 2. The minimum atomic E-state index is 0.208. The van der Waals surface area contributed by atoms with E-state index in [2.05, 4.69) is 22.1 Å². The van der Waals surface area contributed by atoms with Crippen LogP contribution in [0, 0.1) is 12.8 Å². The van der Waals surface area contributed by atoms with Crippen LogP contribution in [0.3, 0.4) is 0 Å². The summed E-state index contributed by atoms with van der Waals surface area (Å²) in [6, 6.07) is 10.0. The number of hydrogen-bond donors (Lipinski definition) is 0. The quantitative estimate of drug-likeness (QED) is 0.872. The lowest BCUT2D eigenvalue weighted by molar-refractivity contribution is -0.132. The number of likely N-dealkylation sites (tertiary alicyclic amines) is 1. The maximum atomic E-state index is 12.5. The topological polar surface area (TPSA) is 46.1 Å². The van der Waals surface area contributed by atoms with Gasteiger partial charge in [-0.2, -0.15) is 0 Å². The van der Waals surface area contributed by atoms with Gasteiger partial charge in [0.25, 0.3) is 0 Å². The van der Waals surface area contributed by atoms with Crippen molar-refractivity contribution in [2.45, 2.75) is 32.6 Å². The van der Waals surface area contributed by atoms with E-state index >= 15 is 0 Å². The van der Waals surface area contributed by atoms with Crippen LogP contribution >= 0.6 is 0 Å². The van der Waals surface area contributed by atoms with Crippen LogP contribution in [-0.4, -0.2) is 33.9 Å². The molecule has 4 heteroatoms. The first kappa shape index (κ1) is 15.7. The van der Waals surface area contributed by atoms with Crippen LogP contribution in [0.2, 0.25) is 0 Å². The summed E-state index contributed by atoms with van der Waals surface area (Å²) >= 11 is 0. The first-order valence-electron chi connectivity index (χ1n) is 8.30. The lowest BCUT2D eigenvalue weighted by Gasteiger charge is -2.33. The van der Waals surface area contributed by atoms with Crippen molar-refractivity contribution in [1.82, 2.24) is 14.9 Å². The Labute approximate surface area is 137 Å². The first-order chi connectivity index (χ1) is 11.2. The largest absolute Gasteiger partial charge is 0.342 e. The predicted octanol–water partition coefficient (Wildman–Crippen LogP) is 2.81. The standard InChI is InChI=1S/C19H23N3O/c1-15-5-2-8-18(21-15)11-17-7-4-10-22(14-17)19(23)12-16-6-3-9-20-13-16/h2-3,5-6,8-9,13,17H,4,7,10-12,14H2,1H3. The molecule has 0 spiro atoms. The van der Waals surface area contributed by atoms with Crippen LogP contribution in [0.5, 0.6) is 0 Å². The van der Waals surface area contributed by atoms with Crippen LogP contribution in [-0.2, 0) is 17.6 Å². The molecule has 4 nitrogen and oxygen atoms in total. The summed E-state index contributed by atoms with van der Waals surface area (Å²) in [5.41, 5.74) is 3.18. The molecule has 0 bridgehead atoms. The van der Waals surface area contributed by atoms with Crippen LogP contribution in [0.15, 0.2) is 42.7 Å². The molecule has 0 aliphatic carbocycles. The molecule has 1 saturated heterocycles. The number of carbonyl (C=O) groups excluding carboxylic acids is 1. The van der Waals surface area contributed by atoms with Crippen molar-refractivity contribution in [1.29, 1.82) is 0 Å². The Hall–Kier alpha value is -2.23. The van der Waals surface area contributed by atoms with E-state index in [1.807, 2.05) is 30.0 Å². The zero-order chi connectivity index (χ0) is 16.1. The minimum absolute atomic E-state index is 0.208. The smallest absolute Gasteiger partial charge is 0.227 e. The highest BCUT2D eigenvalue weighted by molar-refractivity contribution is 5.78. The van der Waals surface area contributed by atoms with Gasteiger partial charge in [-0.3, -0.25) is 14.8 Å². The van der Waals surface area contributed by atoms with Gasteiger partial charge in [-0.15, -0.1) is 0 Å². The summed E-state index contributed by atoms with van der Waals surface area (Å²) in [6.07, 6.45) is 7.17. The molecular weight excluding hydrogens is 286 g/mol. The fourth-order valence-corrected chi connectivity index (χ4v) is 3.26. The fraction of sp³-hybridized carbons (Fsp3) is 0.421. The number of amides is 1. The molecule has 0 radical (unpaired) electrons. The second-order valence-electron chi connectivity index (χ2n) is 6.36. The van der Waals surface area contributed by atoms with Crippen LogP contribution in [0.4, 0.5) is 0 Å². The Balaban J connectivity index is 1.58. The third-order valence-electron chi connectivity index (χ3n) is 4.39. The first-order valence-corrected chi connectivity index (χ1v) is 8.30. The highest BCUT2D eigenvalue weighted by Crippen LogP contribution is 2.21. The summed E-state index contributed by atoms with van der Waals surface area (Å²) in [6.45, 7) is 3.74. The summed E-state index contributed by atoms with van der Waals surface area (Å²) in [7, 11) is 0. The summed E-state index contributed by atoms with van der Waals surface area (Å²) in [5.74, 6) is 0.718. The number of rotatable bonds is 4. The lowest BCUT2D eigenvalue weighted by Crippen LogP contribution is -2.41. The van der Waals surface area contributed by atoms with Crippen molar-refractivity contribution < 1.29 is 4.79 Å². The average Bonchev–Trinajstić information content (AvgIpc) is 2.56. The number of hydrogen-bond acceptors (Lipinski definition) is 3. The van der Waals surface area contributed by atoms with Gasteiger partial charge in [-0.05, 0) is 55.9 Å². The number of nitrogens with zero attached hydrogens (tertiary/aromatic N) is 3. The fourth-order valence-electron chi connectivity index (χ4n) is 3.26. The zero-order valence-electron chi connectivity index (χ0n) is 13.6. The summed E-state index contributed by atoms with van der Waals surface area (Å²) < 4.78 is 0. The van der Waals surface area contributed by atoms with Gasteiger partial charge in [0, 0.05) is 36.9 Å². The molecule has 0 saturated carbocycles. The van der Waals surface area contributed by atoms with E-state index in [0.717, 1.165) is 42.9 Å². The molecule has 1 aliphatic heterocycles. The molecular formula is C19H23N3O. The summed E-state index contributed by atoms with van der Waals surface area (Å²) in [5, 5.41) is 0. The van der Waals surface area contributed by atoms with Crippen molar-refractivity contribution in [2.75, 3.05) is 13.1 Å². The van der Waals surface area contributed by atoms with Crippen molar-refractivity contribution >= 4 is 5.91 Å². The Morgan fingerprint density at radius 2 is 2.22 bits per heavy atom. The molecule has 2 aromatic heterocycles. The molecule has 1 fully saturated rings. The van der Waals surface area contributed by atoms with E-state index in [1.54, 1.807) is 12.4 Å². The van der Waals surface area contributed by atoms with Gasteiger partial charge in [-0.25, -0.2) is 0 Å². The third-order valence-corrected chi connectivity index (χ3v) is 4.39. The van der Waals surface area contributed by atoms with Gasteiger partial charge in [0.1, 0.15) is 0 Å². The maximum Gasteiger partial charge on any atom is 0.227 e. The predicted molar refractivity (Wildman–Crippen MR) is 89.9 cm³/mol. The molecule has 1 atom stereocenters. The second-order valence-corrected chi connectivity index (χ2v) is 6.36. The Bertz CT molecular complexity index is 657. The SMILES string of the molecule is Cc1cccc(CC2CCCN(C(=O)Cc3cccnc3)C2)n1. The molecule has 120 valence electrons. The van der Waals surface area contributed by atoms with Crippen LogP contribution in [0.25, 0.3) is 0 Å². The Kier molecular flexibility index (Phi) is 5.01. The number of aryl methyl sites for hydroxylation is 1. The Morgan fingerprint density at radius 1 is 1.30 bits per heavy atom. The number of carbonyl (C=O) groups is 1. The van der Waals surface area contributed by atoms with Gasteiger partial charge < -0.3 is 4.90 Å². The van der Waals surface area contributed by atoms with E-state index in [4.69, 9.17) is 0 Å². The van der Waals surface area contributed by atoms with Gasteiger partial charge in [0.05, 0.1) is 6.42 Å². The van der Waals surface area contributed by atoms with Crippen molar-refractivity contribution in [3.8, 4) is 0 Å². The van der Waals surface area contributed by atoms with Gasteiger partial charge in [-0.1, -0.05) is 12.1 Å². The monoisotopic (exact) mass is 309 g/mol. The maximum absolute atomic E-state index is 12.5. The molecule has 0 N–H and O–H groups in total. The normalized spacial score (nSPS) is 18.0. The average molecular weight is 309 g/mol. The molecule has 1 unspecified atom stereocenters. The van der Waals surface area contributed by atoms with E-state index in [1.165, 1.54) is 6.42 Å². The molecule has 2 aromatic rings. The lowest BCUT2D eigenvalue weighted by atomic mass is 9.92. The minimum Gasteiger partial charge on any atom is -0.342 e. The number of piperidine rings is 1.